The minimum absolute atomic E-state index is 0.290. The summed E-state index contributed by atoms with van der Waals surface area (Å²) in [7, 11) is 0. The maximum absolute atomic E-state index is 12.6. The zero-order valence-electron chi connectivity index (χ0n) is 13.4. The van der Waals surface area contributed by atoms with E-state index in [1.54, 1.807) is 11.3 Å². The molecule has 0 atom stereocenters. The van der Waals surface area contributed by atoms with Crippen molar-refractivity contribution in [2.24, 2.45) is 5.92 Å². The van der Waals surface area contributed by atoms with Crippen LogP contribution in [0.25, 0.3) is 10.2 Å². The van der Waals surface area contributed by atoms with Crippen LogP contribution in [0.1, 0.15) is 32.1 Å². The Morgan fingerprint density at radius 2 is 1.78 bits per heavy atom. The standard InChI is InChI=1S/C18H23N3OS/c22-17(14-6-2-1-3-7-14)20-10-12-21(13-11-20)18-19-15-8-4-5-9-16(15)23-18/h4-5,8-9,14H,1-3,6-7,10-13H2. The molecule has 23 heavy (non-hydrogen) atoms. The van der Waals surface area contributed by atoms with Gasteiger partial charge < -0.3 is 9.80 Å². The van der Waals surface area contributed by atoms with Gasteiger partial charge in [0.05, 0.1) is 10.2 Å². The number of aromatic nitrogens is 1. The Balaban J connectivity index is 1.39. The number of benzene rings is 1. The van der Waals surface area contributed by atoms with Crippen molar-refractivity contribution in [1.82, 2.24) is 9.88 Å². The summed E-state index contributed by atoms with van der Waals surface area (Å²) in [6, 6.07) is 8.29. The fraction of sp³-hybridized carbons (Fsp3) is 0.556. The number of amides is 1. The van der Waals surface area contributed by atoms with Crippen molar-refractivity contribution in [3.05, 3.63) is 24.3 Å². The van der Waals surface area contributed by atoms with E-state index in [1.807, 2.05) is 6.07 Å². The van der Waals surface area contributed by atoms with Crippen molar-refractivity contribution >= 4 is 32.6 Å². The number of anilines is 1. The van der Waals surface area contributed by atoms with E-state index in [-0.39, 0.29) is 5.92 Å². The Bertz CT molecular complexity index is 651. The molecule has 2 aliphatic rings. The Hall–Kier alpha value is -1.62. The number of carbonyl (C=O) groups is 1. The van der Waals surface area contributed by atoms with Crippen LogP contribution in [0, 0.1) is 5.92 Å². The van der Waals surface area contributed by atoms with E-state index in [4.69, 9.17) is 4.98 Å². The third kappa shape index (κ3) is 3.07. The Labute approximate surface area is 141 Å². The van der Waals surface area contributed by atoms with Crippen LogP contribution < -0.4 is 4.90 Å². The van der Waals surface area contributed by atoms with E-state index in [9.17, 15) is 4.79 Å². The minimum atomic E-state index is 0.290. The zero-order valence-corrected chi connectivity index (χ0v) is 14.2. The third-order valence-electron chi connectivity index (χ3n) is 5.10. The molecule has 4 rings (SSSR count). The summed E-state index contributed by atoms with van der Waals surface area (Å²) in [5.41, 5.74) is 1.08. The summed E-state index contributed by atoms with van der Waals surface area (Å²) in [6.45, 7) is 3.48. The van der Waals surface area contributed by atoms with Gasteiger partial charge in [-0.15, -0.1) is 0 Å². The highest BCUT2D eigenvalue weighted by Gasteiger charge is 2.29. The number of hydrogen-bond donors (Lipinski definition) is 0. The number of rotatable bonds is 2. The zero-order chi connectivity index (χ0) is 15.6. The van der Waals surface area contributed by atoms with E-state index in [0.29, 0.717) is 5.91 Å². The molecule has 1 aromatic carbocycles. The van der Waals surface area contributed by atoms with Gasteiger partial charge in [-0.2, -0.15) is 0 Å². The summed E-state index contributed by atoms with van der Waals surface area (Å²) in [5, 5.41) is 1.09. The van der Waals surface area contributed by atoms with Gasteiger partial charge in [-0.1, -0.05) is 42.7 Å². The topological polar surface area (TPSA) is 36.4 Å². The smallest absolute Gasteiger partial charge is 0.225 e. The maximum atomic E-state index is 12.6. The second-order valence-electron chi connectivity index (χ2n) is 6.61. The van der Waals surface area contributed by atoms with E-state index >= 15 is 0 Å². The van der Waals surface area contributed by atoms with Crippen LogP contribution in [0.15, 0.2) is 24.3 Å². The van der Waals surface area contributed by atoms with Crippen LogP contribution in [0.2, 0.25) is 0 Å². The lowest BCUT2D eigenvalue weighted by atomic mass is 9.88. The number of hydrogen-bond acceptors (Lipinski definition) is 4. The lowest BCUT2D eigenvalue weighted by Gasteiger charge is -2.37. The molecule has 1 aliphatic heterocycles. The first-order valence-electron chi connectivity index (χ1n) is 8.70. The molecule has 5 heteroatoms. The predicted octanol–water partition coefficient (Wildman–Crippen LogP) is 3.53. The Morgan fingerprint density at radius 3 is 2.52 bits per heavy atom. The molecule has 4 nitrogen and oxygen atoms in total. The number of nitrogens with zero attached hydrogens (tertiary/aromatic N) is 3. The second kappa shape index (κ2) is 6.48. The molecule has 0 radical (unpaired) electrons. The fourth-order valence-electron chi connectivity index (χ4n) is 3.72. The molecule has 0 spiro atoms. The van der Waals surface area contributed by atoms with E-state index in [0.717, 1.165) is 49.7 Å². The molecule has 1 aromatic heterocycles. The highest BCUT2D eigenvalue weighted by Crippen LogP contribution is 2.30. The summed E-state index contributed by atoms with van der Waals surface area (Å²) >= 11 is 1.75. The first kappa shape index (κ1) is 14.9. The Kier molecular flexibility index (Phi) is 4.21. The van der Waals surface area contributed by atoms with Crippen molar-refractivity contribution in [1.29, 1.82) is 0 Å². The van der Waals surface area contributed by atoms with E-state index in [1.165, 1.54) is 24.0 Å². The van der Waals surface area contributed by atoms with Gasteiger partial charge in [0.2, 0.25) is 5.91 Å². The number of fused-ring (bicyclic) bond motifs is 1. The van der Waals surface area contributed by atoms with E-state index in [2.05, 4.69) is 28.0 Å². The van der Waals surface area contributed by atoms with Crippen LogP contribution in [0.5, 0.6) is 0 Å². The predicted molar refractivity (Wildman–Crippen MR) is 95.0 cm³/mol. The molecular weight excluding hydrogens is 306 g/mol. The highest BCUT2D eigenvalue weighted by atomic mass is 32.1. The van der Waals surface area contributed by atoms with Gasteiger partial charge in [0.25, 0.3) is 0 Å². The fourth-order valence-corrected chi connectivity index (χ4v) is 4.74. The van der Waals surface area contributed by atoms with Gasteiger partial charge in [-0.25, -0.2) is 4.98 Å². The molecule has 1 saturated heterocycles. The largest absolute Gasteiger partial charge is 0.345 e. The SMILES string of the molecule is O=C(C1CCCCC1)N1CCN(c2nc3ccccc3s2)CC1. The first-order chi connectivity index (χ1) is 11.3. The molecular formula is C18H23N3OS. The van der Waals surface area contributed by atoms with Gasteiger partial charge in [-0.05, 0) is 25.0 Å². The van der Waals surface area contributed by atoms with Crippen LogP contribution in [0.4, 0.5) is 5.13 Å². The second-order valence-corrected chi connectivity index (χ2v) is 7.62. The molecule has 2 aromatic rings. The van der Waals surface area contributed by atoms with Gasteiger partial charge in [0, 0.05) is 32.1 Å². The number of carbonyl (C=O) groups excluding carboxylic acids is 1. The van der Waals surface area contributed by atoms with Crippen LogP contribution in [0.3, 0.4) is 0 Å². The van der Waals surface area contributed by atoms with Crippen molar-refractivity contribution < 1.29 is 4.79 Å². The highest BCUT2D eigenvalue weighted by molar-refractivity contribution is 7.22. The summed E-state index contributed by atoms with van der Waals surface area (Å²) in [4.78, 5) is 21.8. The summed E-state index contributed by atoms with van der Waals surface area (Å²) < 4.78 is 1.24. The van der Waals surface area contributed by atoms with Gasteiger partial charge in [0.1, 0.15) is 0 Å². The van der Waals surface area contributed by atoms with Crippen molar-refractivity contribution in [2.75, 3.05) is 31.1 Å². The lowest BCUT2D eigenvalue weighted by molar-refractivity contribution is -0.136. The maximum Gasteiger partial charge on any atom is 0.225 e. The van der Waals surface area contributed by atoms with Gasteiger partial charge in [-0.3, -0.25) is 4.79 Å². The van der Waals surface area contributed by atoms with E-state index < -0.39 is 0 Å². The van der Waals surface area contributed by atoms with Crippen molar-refractivity contribution in [3.63, 3.8) is 0 Å². The van der Waals surface area contributed by atoms with Crippen molar-refractivity contribution in [3.8, 4) is 0 Å². The van der Waals surface area contributed by atoms with Crippen LogP contribution in [-0.2, 0) is 4.79 Å². The van der Waals surface area contributed by atoms with Gasteiger partial charge >= 0.3 is 0 Å². The van der Waals surface area contributed by atoms with Crippen molar-refractivity contribution in [2.45, 2.75) is 32.1 Å². The molecule has 2 fully saturated rings. The molecule has 0 unspecified atom stereocenters. The minimum Gasteiger partial charge on any atom is -0.345 e. The number of para-hydroxylation sites is 1. The average Bonchev–Trinajstić information content (AvgIpc) is 3.06. The number of piperazine rings is 1. The third-order valence-corrected chi connectivity index (χ3v) is 6.20. The molecule has 122 valence electrons. The normalized spacial score (nSPS) is 20.2. The molecule has 1 amide bonds. The Morgan fingerprint density at radius 1 is 1.04 bits per heavy atom. The first-order valence-corrected chi connectivity index (χ1v) is 9.52. The van der Waals surface area contributed by atoms with Gasteiger partial charge in [0.15, 0.2) is 5.13 Å². The summed E-state index contributed by atoms with van der Waals surface area (Å²) in [6.07, 6.45) is 5.94. The summed E-state index contributed by atoms with van der Waals surface area (Å²) in [5.74, 6) is 0.686. The molecule has 2 heterocycles. The monoisotopic (exact) mass is 329 g/mol. The number of thiazole rings is 1. The van der Waals surface area contributed by atoms with Crippen LogP contribution >= 0.6 is 11.3 Å². The lowest BCUT2D eigenvalue weighted by Crippen LogP contribution is -2.50. The molecule has 0 N–H and O–H groups in total. The average molecular weight is 329 g/mol. The molecule has 0 bridgehead atoms. The van der Waals surface area contributed by atoms with Crippen LogP contribution in [-0.4, -0.2) is 42.0 Å². The molecule has 1 aliphatic carbocycles. The quantitative estimate of drug-likeness (QED) is 0.846. The molecule has 1 saturated carbocycles.